The quantitative estimate of drug-likeness (QED) is 0.567. The Kier molecular flexibility index (Phi) is 4.60. The molecule has 2 aromatic rings. The minimum absolute atomic E-state index is 0.0816. The van der Waals surface area contributed by atoms with Crippen LogP contribution in [-0.2, 0) is 24.8 Å². The number of hydrogen-bond acceptors (Lipinski definition) is 6. The molecular weight excluding hydrogens is 398 g/mol. The van der Waals surface area contributed by atoms with E-state index in [0.29, 0.717) is 11.8 Å². The predicted molar refractivity (Wildman–Crippen MR) is 101 cm³/mol. The van der Waals surface area contributed by atoms with Gasteiger partial charge >= 0.3 is 5.97 Å². The second-order valence-electron chi connectivity index (χ2n) is 6.93. The molecule has 0 bridgehead atoms. The number of amides is 2. The summed E-state index contributed by atoms with van der Waals surface area (Å²) >= 11 is 0. The average molecular weight is 414 g/mol. The van der Waals surface area contributed by atoms with Crippen LogP contribution in [0.4, 0.5) is 14.5 Å². The van der Waals surface area contributed by atoms with Crippen LogP contribution in [0.25, 0.3) is 0 Å². The SMILES string of the molecule is COc1ccc(N2C(=O)C[C@H]([C@@]3(c4ccc(F)cc4F)N=C(C)C(=O)O3)C2=O)cc1. The van der Waals surface area contributed by atoms with E-state index >= 15 is 0 Å². The van der Waals surface area contributed by atoms with Gasteiger partial charge in [-0.1, -0.05) is 0 Å². The standard InChI is InChI=1S/C21H16F2N2O5/c1-11-20(28)30-21(24-11,15-8-3-12(22)9-17(15)23)16-10-18(26)25(19(16)27)13-4-6-14(29-2)7-5-13/h3-9,16H,10H2,1-2H3/t16-,21-/m0/s1. The molecule has 9 heteroatoms. The van der Waals surface area contributed by atoms with E-state index in [2.05, 4.69) is 4.99 Å². The molecular formula is C21H16F2N2O5. The van der Waals surface area contributed by atoms with Gasteiger partial charge in [0.05, 0.1) is 18.4 Å². The number of nitrogens with zero attached hydrogens (tertiary/aromatic N) is 2. The molecule has 0 radical (unpaired) electrons. The number of carbonyl (C=O) groups is 3. The number of ether oxygens (including phenoxy) is 2. The van der Waals surface area contributed by atoms with Crippen molar-refractivity contribution in [3.05, 3.63) is 59.7 Å². The molecule has 2 heterocycles. The predicted octanol–water partition coefficient (Wildman–Crippen LogP) is 2.72. The highest BCUT2D eigenvalue weighted by Crippen LogP contribution is 2.46. The van der Waals surface area contributed by atoms with Gasteiger partial charge in [0.1, 0.15) is 29.0 Å². The number of hydrogen-bond donors (Lipinski definition) is 0. The van der Waals surface area contributed by atoms with Gasteiger partial charge in [0.25, 0.3) is 0 Å². The van der Waals surface area contributed by atoms with Crippen molar-refractivity contribution < 1.29 is 32.6 Å². The van der Waals surface area contributed by atoms with E-state index in [1.54, 1.807) is 12.1 Å². The highest BCUT2D eigenvalue weighted by Gasteiger charge is 2.59. The maximum absolute atomic E-state index is 14.7. The third kappa shape index (κ3) is 2.94. The van der Waals surface area contributed by atoms with Crippen LogP contribution in [-0.4, -0.2) is 30.6 Å². The summed E-state index contributed by atoms with van der Waals surface area (Å²) in [5.74, 6) is -4.78. The summed E-state index contributed by atoms with van der Waals surface area (Å²) in [4.78, 5) is 43.2. The first-order chi connectivity index (χ1) is 14.3. The summed E-state index contributed by atoms with van der Waals surface area (Å²) in [7, 11) is 1.48. The fourth-order valence-corrected chi connectivity index (χ4v) is 3.70. The fraction of sp³-hybridized carbons (Fsp3) is 0.238. The van der Waals surface area contributed by atoms with Crippen molar-refractivity contribution in [3.8, 4) is 5.75 Å². The smallest absolute Gasteiger partial charge is 0.354 e. The third-order valence-electron chi connectivity index (χ3n) is 5.14. The lowest BCUT2D eigenvalue weighted by Gasteiger charge is -2.30. The highest BCUT2D eigenvalue weighted by atomic mass is 19.1. The van der Waals surface area contributed by atoms with Gasteiger partial charge in [-0.2, -0.15) is 0 Å². The lowest BCUT2D eigenvalue weighted by molar-refractivity contribution is -0.156. The van der Waals surface area contributed by atoms with E-state index in [4.69, 9.17) is 9.47 Å². The van der Waals surface area contributed by atoms with Crippen LogP contribution in [0, 0.1) is 17.6 Å². The molecule has 2 aliphatic rings. The van der Waals surface area contributed by atoms with E-state index in [9.17, 15) is 23.2 Å². The molecule has 0 spiro atoms. The topological polar surface area (TPSA) is 85.3 Å². The molecule has 1 saturated heterocycles. The van der Waals surface area contributed by atoms with Gasteiger partial charge in [0.15, 0.2) is 0 Å². The van der Waals surface area contributed by atoms with Crippen LogP contribution in [0.15, 0.2) is 47.5 Å². The van der Waals surface area contributed by atoms with Crippen LogP contribution in [0.5, 0.6) is 5.75 Å². The third-order valence-corrected chi connectivity index (χ3v) is 5.14. The van der Waals surface area contributed by atoms with Crippen LogP contribution < -0.4 is 9.64 Å². The number of halogens is 2. The molecule has 0 aliphatic carbocycles. The first kappa shape index (κ1) is 19.7. The summed E-state index contributed by atoms with van der Waals surface area (Å²) < 4.78 is 38.5. The normalized spacial score (nSPS) is 23.6. The number of aliphatic imine (C=N–C) groups is 1. The molecule has 154 valence electrons. The zero-order valence-corrected chi connectivity index (χ0v) is 16.0. The largest absolute Gasteiger partial charge is 0.497 e. The maximum Gasteiger partial charge on any atom is 0.354 e. The number of imide groups is 1. The van der Waals surface area contributed by atoms with E-state index in [0.717, 1.165) is 17.0 Å². The summed E-state index contributed by atoms with van der Waals surface area (Å²) in [6.07, 6.45) is -0.369. The number of rotatable bonds is 4. The van der Waals surface area contributed by atoms with Crippen molar-refractivity contribution >= 4 is 29.2 Å². The molecule has 4 rings (SSSR count). The minimum atomic E-state index is -2.09. The van der Waals surface area contributed by atoms with Crippen LogP contribution >= 0.6 is 0 Å². The monoisotopic (exact) mass is 414 g/mol. The van der Waals surface area contributed by atoms with Crippen molar-refractivity contribution in [1.29, 1.82) is 0 Å². The average Bonchev–Trinajstić information content (AvgIpc) is 3.18. The number of methoxy groups -OCH3 is 1. The van der Waals surface area contributed by atoms with Crippen LogP contribution in [0.3, 0.4) is 0 Å². The first-order valence-electron chi connectivity index (χ1n) is 9.03. The Labute approximate surface area is 169 Å². The van der Waals surface area contributed by atoms with E-state index in [1.807, 2.05) is 0 Å². The van der Waals surface area contributed by atoms with Crippen LogP contribution in [0.2, 0.25) is 0 Å². The molecule has 2 aromatic carbocycles. The van der Waals surface area contributed by atoms with Crippen LogP contribution in [0.1, 0.15) is 18.9 Å². The van der Waals surface area contributed by atoms with E-state index < -0.39 is 41.1 Å². The van der Waals surface area contributed by atoms with Gasteiger partial charge in [-0.15, -0.1) is 0 Å². The second kappa shape index (κ2) is 7.01. The van der Waals surface area contributed by atoms with Crippen molar-refractivity contribution in [2.75, 3.05) is 12.0 Å². The molecule has 0 N–H and O–H groups in total. The van der Waals surface area contributed by atoms with Gasteiger partial charge < -0.3 is 9.47 Å². The molecule has 2 atom stereocenters. The second-order valence-corrected chi connectivity index (χ2v) is 6.93. The molecule has 0 aromatic heterocycles. The van der Waals surface area contributed by atoms with Gasteiger partial charge in [0.2, 0.25) is 17.5 Å². The number of anilines is 1. The lowest BCUT2D eigenvalue weighted by atomic mass is 9.87. The van der Waals surface area contributed by atoms with Gasteiger partial charge in [0, 0.05) is 12.5 Å². The molecule has 0 unspecified atom stereocenters. The summed E-state index contributed by atoms with van der Waals surface area (Å²) in [5, 5.41) is 0. The van der Waals surface area contributed by atoms with E-state index in [-0.39, 0.29) is 23.4 Å². The number of benzene rings is 2. The van der Waals surface area contributed by atoms with Crippen molar-refractivity contribution in [2.45, 2.75) is 19.1 Å². The Hall–Kier alpha value is -3.62. The van der Waals surface area contributed by atoms with E-state index in [1.165, 1.54) is 26.2 Å². The Bertz CT molecular complexity index is 1100. The Morgan fingerprint density at radius 2 is 1.83 bits per heavy atom. The fourth-order valence-electron chi connectivity index (χ4n) is 3.70. The van der Waals surface area contributed by atoms with Gasteiger partial charge in [-0.25, -0.2) is 18.6 Å². The van der Waals surface area contributed by atoms with Crippen molar-refractivity contribution in [1.82, 2.24) is 0 Å². The molecule has 2 amide bonds. The molecule has 2 aliphatic heterocycles. The highest BCUT2D eigenvalue weighted by molar-refractivity contribution is 6.37. The number of esters is 1. The summed E-state index contributed by atoms with van der Waals surface area (Å²) in [6, 6.07) is 8.85. The lowest BCUT2D eigenvalue weighted by Crippen LogP contribution is -2.41. The number of cyclic esters (lactones) is 1. The Balaban J connectivity index is 1.80. The van der Waals surface area contributed by atoms with Crippen molar-refractivity contribution in [3.63, 3.8) is 0 Å². The minimum Gasteiger partial charge on any atom is -0.497 e. The molecule has 0 saturated carbocycles. The zero-order chi connectivity index (χ0) is 21.6. The maximum atomic E-state index is 14.7. The molecule has 1 fully saturated rings. The summed E-state index contributed by atoms with van der Waals surface area (Å²) in [6.45, 7) is 1.36. The Morgan fingerprint density at radius 1 is 1.13 bits per heavy atom. The Morgan fingerprint density at radius 3 is 2.40 bits per heavy atom. The first-order valence-corrected chi connectivity index (χ1v) is 9.03. The molecule has 30 heavy (non-hydrogen) atoms. The number of carbonyl (C=O) groups excluding carboxylic acids is 3. The van der Waals surface area contributed by atoms with Crippen molar-refractivity contribution in [2.24, 2.45) is 10.9 Å². The summed E-state index contributed by atoms with van der Waals surface area (Å²) in [5.41, 5.74) is -2.18. The molecule has 7 nitrogen and oxygen atoms in total. The van der Waals surface area contributed by atoms with Gasteiger partial charge in [-0.05, 0) is 43.3 Å². The van der Waals surface area contributed by atoms with Gasteiger partial charge in [-0.3, -0.25) is 14.5 Å². The zero-order valence-electron chi connectivity index (χ0n) is 16.0.